The standard InChI is InChI=1S/C44H54N2O2/c1-30-26-34(18-22-42(30)45)47-36-16-20-40(38(28-36)32-12-6-3-7-13-32)44(24-10-5-11-25-44)41-21-17-37(29-39(41)33-14-8-4-9-15-33)48-35-19-23-43(46)31(2)27-35/h16-23,26-29,32-33H,3-15,24-25,45-46H2,1-2H3. The molecular weight excluding hydrogens is 588 g/mol. The van der Waals surface area contributed by atoms with Gasteiger partial charge in [0.25, 0.3) is 0 Å². The quantitative estimate of drug-likeness (QED) is 0.188. The lowest BCUT2D eigenvalue weighted by Gasteiger charge is -2.43. The van der Waals surface area contributed by atoms with Gasteiger partial charge in [0.2, 0.25) is 0 Å². The topological polar surface area (TPSA) is 70.5 Å². The molecule has 4 heteroatoms. The van der Waals surface area contributed by atoms with Crippen LogP contribution in [-0.2, 0) is 5.41 Å². The third kappa shape index (κ3) is 6.81. The molecule has 4 nitrogen and oxygen atoms in total. The predicted molar refractivity (Wildman–Crippen MR) is 200 cm³/mol. The normalized spacial score (nSPS) is 18.8. The van der Waals surface area contributed by atoms with Crippen molar-refractivity contribution in [3.05, 3.63) is 106 Å². The first-order chi connectivity index (χ1) is 23.4. The SMILES string of the molecule is Cc1cc(Oc2ccc(C3(c4ccc(Oc5ccc(N)c(C)c5)cc4C4CCCCC4)CCCCC3)c(C3CCCCC3)c2)ccc1N. The monoisotopic (exact) mass is 642 g/mol. The van der Waals surface area contributed by atoms with Gasteiger partial charge in [-0.05, 0) is 158 Å². The van der Waals surface area contributed by atoms with Crippen LogP contribution in [0, 0.1) is 13.8 Å². The summed E-state index contributed by atoms with van der Waals surface area (Å²) in [5.41, 5.74) is 22.1. The molecule has 4 aromatic rings. The van der Waals surface area contributed by atoms with Crippen molar-refractivity contribution < 1.29 is 9.47 Å². The first-order valence-corrected chi connectivity index (χ1v) is 18.8. The Balaban J connectivity index is 1.34. The van der Waals surface area contributed by atoms with Crippen molar-refractivity contribution in [3.8, 4) is 23.0 Å². The van der Waals surface area contributed by atoms with E-state index in [0.717, 1.165) is 45.5 Å². The third-order valence-corrected chi connectivity index (χ3v) is 11.8. The van der Waals surface area contributed by atoms with E-state index >= 15 is 0 Å². The first-order valence-electron chi connectivity index (χ1n) is 18.8. The van der Waals surface area contributed by atoms with E-state index in [1.807, 2.05) is 38.1 Å². The van der Waals surface area contributed by atoms with Crippen LogP contribution in [0.3, 0.4) is 0 Å². The van der Waals surface area contributed by atoms with Gasteiger partial charge in [-0.2, -0.15) is 0 Å². The maximum atomic E-state index is 6.55. The summed E-state index contributed by atoms with van der Waals surface area (Å²) >= 11 is 0. The Morgan fingerprint density at radius 2 is 0.854 bits per heavy atom. The van der Waals surface area contributed by atoms with Gasteiger partial charge >= 0.3 is 0 Å². The molecule has 4 aromatic carbocycles. The molecule has 0 heterocycles. The van der Waals surface area contributed by atoms with E-state index in [0.29, 0.717) is 11.8 Å². The molecule has 4 N–H and O–H groups in total. The van der Waals surface area contributed by atoms with Gasteiger partial charge in [0.05, 0.1) is 0 Å². The molecule has 3 fully saturated rings. The van der Waals surface area contributed by atoms with Crippen molar-refractivity contribution >= 4 is 11.4 Å². The van der Waals surface area contributed by atoms with Gasteiger partial charge in [-0.1, -0.05) is 69.9 Å². The van der Waals surface area contributed by atoms with Gasteiger partial charge < -0.3 is 20.9 Å². The van der Waals surface area contributed by atoms with E-state index in [-0.39, 0.29) is 5.41 Å². The van der Waals surface area contributed by atoms with Crippen molar-refractivity contribution in [3.63, 3.8) is 0 Å². The minimum Gasteiger partial charge on any atom is -0.457 e. The number of hydrogen-bond acceptors (Lipinski definition) is 4. The Labute approximate surface area is 288 Å². The van der Waals surface area contributed by atoms with E-state index in [1.54, 1.807) is 11.1 Å². The minimum absolute atomic E-state index is 0.00948. The van der Waals surface area contributed by atoms with E-state index in [9.17, 15) is 0 Å². The van der Waals surface area contributed by atoms with Crippen LogP contribution in [-0.4, -0.2) is 0 Å². The highest BCUT2D eigenvalue weighted by atomic mass is 16.5. The molecule has 0 unspecified atom stereocenters. The number of nitrogen functional groups attached to an aromatic ring is 2. The van der Waals surface area contributed by atoms with Gasteiger partial charge in [0, 0.05) is 16.8 Å². The number of benzene rings is 4. The van der Waals surface area contributed by atoms with E-state index < -0.39 is 0 Å². The molecule has 0 amide bonds. The van der Waals surface area contributed by atoms with Crippen molar-refractivity contribution in [1.29, 1.82) is 0 Å². The highest BCUT2D eigenvalue weighted by Gasteiger charge is 2.41. The molecule has 0 saturated heterocycles. The Morgan fingerprint density at radius 1 is 0.479 bits per heavy atom. The molecular formula is C44H54N2O2. The molecule has 3 aliphatic rings. The second-order valence-corrected chi connectivity index (χ2v) is 15.1. The summed E-state index contributed by atoms with van der Waals surface area (Å²) in [6.07, 6.45) is 19.2. The highest BCUT2D eigenvalue weighted by Crippen LogP contribution is 2.53. The molecule has 0 radical (unpaired) electrons. The molecule has 3 saturated carbocycles. The third-order valence-electron chi connectivity index (χ3n) is 11.8. The van der Waals surface area contributed by atoms with Crippen LogP contribution in [0.2, 0.25) is 0 Å². The lowest BCUT2D eigenvalue weighted by atomic mass is 9.60. The predicted octanol–water partition coefficient (Wildman–Crippen LogP) is 12.4. The molecule has 0 bridgehead atoms. The molecule has 252 valence electrons. The van der Waals surface area contributed by atoms with Crippen LogP contribution in [0.1, 0.15) is 142 Å². The maximum absolute atomic E-state index is 6.55. The van der Waals surface area contributed by atoms with Gasteiger partial charge in [0.15, 0.2) is 0 Å². The Bertz CT molecular complexity index is 1600. The zero-order valence-corrected chi connectivity index (χ0v) is 29.2. The van der Waals surface area contributed by atoms with Crippen molar-refractivity contribution in [1.82, 2.24) is 0 Å². The zero-order chi connectivity index (χ0) is 33.1. The molecule has 0 spiro atoms. The van der Waals surface area contributed by atoms with Crippen LogP contribution in [0.15, 0.2) is 72.8 Å². The molecule has 0 atom stereocenters. The highest BCUT2D eigenvalue weighted by molar-refractivity contribution is 5.56. The number of ether oxygens (including phenoxy) is 2. The summed E-state index contributed by atoms with van der Waals surface area (Å²) in [6, 6.07) is 26.2. The Morgan fingerprint density at radius 3 is 1.27 bits per heavy atom. The maximum Gasteiger partial charge on any atom is 0.127 e. The van der Waals surface area contributed by atoms with Crippen molar-refractivity contribution in [2.24, 2.45) is 0 Å². The Kier molecular flexibility index (Phi) is 9.71. The summed E-state index contributed by atoms with van der Waals surface area (Å²) in [5.74, 6) is 4.71. The second-order valence-electron chi connectivity index (χ2n) is 15.1. The lowest BCUT2D eigenvalue weighted by molar-refractivity contribution is 0.331. The zero-order valence-electron chi connectivity index (χ0n) is 29.2. The summed E-state index contributed by atoms with van der Waals surface area (Å²) in [6.45, 7) is 4.09. The van der Waals surface area contributed by atoms with E-state index in [1.165, 1.54) is 107 Å². The molecule has 7 rings (SSSR count). The van der Waals surface area contributed by atoms with Crippen LogP contribution in [0.5, 0.6) is 23.0 Å². The van der Waals surface area contributed by atoms with Crippen LogP contribution >= 0.6 is 0 Å². The number of hydrogen-bond donors (Lipinski definition) is 2. The average Bonchev–Trinajstić information content (AvgIpc) is 3.12. The Hall–Kier alpha value is -3.92. The smallest absolute Gasteiger partial charge is 0.127 e. The van der Waals surface area contributed by atoms with Gasteiger partial charge in [0.1, 0.15) is 23.0 Å². The van der Waals surface area contributed by atoms with E-state index in [2.05, 4.69) is 48.5 Å². The summed E-state index contributed by atoms with van der Waals surface area (Å²) in [4.78, 5) is 0. The fourth-order valence-corrected chi connectivity index (χ4v) is 9.12. The second kappa shape index (κ2) is 14.3. The number of rotatable bonds is 8. The number of anilines is 2. The van der Waals surface area contributed by atoms with Gasteiger partial charge in [-0.15, -0.1) is 0 Å². The molecule has 3 aliphatic carbocycles. The summed E-state index contributed by atoms with van der Waals surface area (Å²) in [7, 11) is 0. The molecule has 48 heavy (non-hydrogen) atoms. The molecule has 0 aliphatic heterocycles. The molecule has 0 aromatic heterocycles. The summed E-state index contributed by atoms with van der Waals surface area (Å²) in [5, 5.41) is 0. The summed E-state index contributed by atoms with van der Waals surface area (Å²) < 4.78 is 13.1. The fraction of sp³-hybridized carbons (Fsp3) is 0.455. The van der Waals surface area contributed by atoms with Crippen LogP contribution in [0.4, 0.5) is 11.4 Å². The fourth-order valence-electron chi connectivity index (χ4n) is 9.12. The van der Waals surface area contributed by atoms with Crippen molar-refractivity contribution in [2.45, 2.75) is 127 Å². The average molecular weight is 643 g/mol. The number of nitrogens with two attached hydrogens (primary N) is 2. The van der Waals surface area contributed by atoms with Crippen LogP contribution < -0.4 is 20.9 Å². The van der Waals surface area contributed by atoms with E-state index in [4.69, 9.17) is 20.9 Å². The van der Waals surface area contributed by atoms with Crippen molar-refractivity contribution in [2.75, 3.05) is 11.5 Å². The van der Waals surface area contributed by atoms with Gasteiger partial charge in [-0.3, -0.25) is 0 Å². The lowest BCUT2D eigenvalue weighted by Crippen LogP contribution is -2.34. The minimum atomic E-state index is -0.00948. The van der Waals surface area contributed by atoms with Crippen LogP contribution in [0.25, 0.3) is 0 Å². The first kappa shape index (κ1) is 32.6. The van der Waals surface area contributed by atoms with Gasteiger partial charge in [-0.25, -0.2) is 0 Å². The largest absolute Gasteiger partial charge is 0.457 e. The number of aryl methyl sites for hydroxylation is 2.